The Hall–Kier alpha value is -4.44. The summed E-state index contributed by atoms with van der Waals surface area (Å²) in [6.45, 7) is 2.26. The van der Waals surface area contributed by atoms with Crippen molar-refractivity contribution < 1.29 is 33.7 Å². The molecule has 1 aliphatic carbocycles. The standard InChI is InChI=1S/C32H34ClN3O7/c1-19(35-43-12-9-29(37)38)20-13-22(16-24(14-20)41-3)34-30(25-7-5-21(33)15-28(25)42-4)31(39)36-18-32(10-11-32)26-8-6-23(40-2)17-27(26)36/h5-8,13-17,30,34H,9-12,18H2,1-4H3,(H,37,38)/b35-19+. The SMILES string of the molecule is COc1cc(NC(C(=O)N2CC3(CC3)c3ccc(OC)cc32)c2ccc(Cl)cc2OC)cc(/C(C)=N/OCCC(=O)O)c1. The minimum atomic E-state index is -0.972. The number of carbonyl (C=O) groups excluding carboxylic acids is 1. The molecular formula is C32H34ClN3O7. The molecule has 10 nitrogen and oxygen atoms in total. The number of nitrogens with zero attached hydrogens (tertiary/aromatic N) is 2. The number of amides is 1. The number of oxime groups is 1. The summed E-state index contributed by atoms with van der Waals surface area (Å²) in [6.07, 6.45) is 1.87. The molecule has 3 aromatic rings. The molecule has 0 aromatic heterocycles. The first-order valence-corrected chi connectivity index (χ1v) is 14.2. The first-order chi connectivity index (χ1) is 20.7. The van der Waals surface area contributed by atoms with E-state index >= 15 is 0 Å². The molecule has 2 aliphatic rings. The molecule has 1 aliphatic heterocycles. The Kier molecular flexibility index (Phi) is 8.68. The molecule has 0 bridgehead atoms. The van der Waals surface area contributed by atoms with Crippen LogP contribution in [0, 0.1) is 0 Å². The van der Waals surface area contributed by atoms with Crippen LogP contribution >= 0.6 is 11.6 Å². The zero-order chi connectivity index (χ0) is 30.7. The lowest BCUT2D eigenvalue weighted by molar-refractivity contribution is -0.138. The number of rotatable bonds is 12. The monoisotopic (exact) mass is 607 g/mol. The van der Waals surface area contributed by atoms with E-state index in [4.69, 9.17) is 35.8 Å². The summed E-state index contributed by atoms with van der Waals surface area (Å²) in [7, 11) is 4.70. The topological polar surface area (TPSA) is 119 Å². The fourth-order valence-corrected chi connectivity index (χ4v) is 5.58. The number of carboxylic acid groups (broad SMARTS) is 1. The largest absolute Gasteiger partial charge is 0.497 e. The van der Waals surface area contributed by atoms with E-state index in [9.17, 15) is 9.59 Å². The van der Waals surface area contributed by atoms with Crippen molar-refractivity contribution in [3.8, 4) is 17.2 Å². The Morgan fingerprint density at radius 3 is 2.47 bits per heavy atom. The van der Waals surface area contributed by atoms with Crippen LogP contribution < -0.4 is 24.4 Å². The molecule has 1 heterocycles. The molecule has 1 spiro atoms. The first kappa shape index (κ1) is 30.0. The summed E-state index contributed by atoms with van der Waals surface area (Å²) in [4.78, 5) is 32.4. The number of aliphatic carboxylic acids is 1. The Labute approximate surface area is 255 Å². The molecule has 0 radical (unpaired) electrons. The zero-order valence-corrected chi connectivity index (χ0v) is 25.2. The Morgan fingerprint density at radius 1 is 1.02 bits per heavy atom. The lowest BCUT2D eigenvalue weighted by Gasteiger charge is -2.28. The van der Waals surface area contributed by atoms with E-state index in [0.717, 1.165) is 24.1 Å². The molecule has 1 saturated carbocycles. The van der Waals surface area contributed by atoms with Crippen molar-refractivity contribution >= 4 is 40.6 Å². The van der Waals surface area contributed by atoms with Crippen molar-refractivity contribution in [3.63, 3.8) is 0 Å². The number of carbonyl (C=O) groups is 2. The zero-order valence-electron chi connectivity index (χ0n) is 24.5. The van der Waals surface area contributed by atoms with Gasteiger partial charge >= 0.3 is 5.97 Å². The second-order valence-electron chi connectivity index (χ2n) is 10.7. The Morgan fingerprint density at radius 2 is 1.79 bits per heavy atom. The number of ether oxygens (including phenoxy) is 3. The van der Waals surface area contributed by atoms with Gasteiger partial charge in [-0.3, -0.25) is 9.59 Å². The molecule has 226 valence electrons. The average molecular weight is 608 g/mol. The van der Waals surface area contributed by atoms with Crippen LogP contribution in [0.3, 0.4) is 0 Å². The molecule has 11 heteroatoms. The first-order valence-electron chi connectivity index (χ1n) is 13.9. The van der Waals surface area contributed by atoms with Crippen LogP contribution in [0.2, 0.25) is 5.02 Å². The highest BCUT2D eigenvalue weighted by Crippen LogP contribution is 2.57. The number of halogens is 1. The highest BCUT2D eigenvalue weighted by Gasteiger charge is 2.53. The number of anilines is 2. The minimum absolute atomic E-state index is 0.0384. The summed E-state index contributed by atoms with van der Waals surface area (Å²) < 4.78 is 16.7. The average Bonchev–Trinajstić information content (AvgIpc) is 3.72. The lowest BCUT2D eigenvalue weighted by Crippen LogP contribution is -2.38. The number of hydrogen-bond acceptors (Lipinski definition) is 8. The summed E-state index contributed by atoms with van der Waals surface area (Å²) in [5.74, 6) is 0.548. The highest BCUT2D eigenvalue weighted by molar-refractivity contribution is 6.30. The quantitative estimate of drug-likeness (QED) is 0.150. The lowest BCUT2D eigenvalue weighted by atomic mass is 9.99. The van der Waals surface area contributed by atoms with Crippen LogP contribution in [-0.2, 0) is 19.8 Å². The van der Waals surface area contributed by atoms with E-state index in [-0.39, 0.29) is 24.3 Å². The molecule has 2 N–H and O–H groups in total. The fraction of sp³-hybridized carbons (Fsp3) is 0.344. The summed E-state index contributed by atoms with van der Waals surface area (Å²) in [6, 6.07) is 15.7. The van der Waals surface area contributed by atoms with Crippen molar-refractivity contribution in [2.45, 2.75) is 37.6 Å². The van der Waals surface area contributed by atoms with Gasteiger partial charge in [-0.15, -0.1) is 0 Å². The Balaban J connectivity index is 1.53. The van der Waals surface area contributed by atoms with Gasteiger partial charge in [-0.1, -0.05) is 28.9 Å². The summed E-state index contributed by atoms with van der Waals surface area (Å²) in [5.41, 5.74) is 4.34. The number of benzene rings is 3. The van der Waals surface area contributed by atoms with Gasteiger partial charge in [0.05, 0.1) is 39.1 Å². The molecule has 3 aromatic carbocycles. The molecular weight excluding hydrogens is 574 g/mol. The maximum absolute atomic E-state index is 14.6. The molecule has 43 heavy (non-hydrogen) atoms. The summed E-state index contributed by atoms with van der Waals surface area (Å²) in [5, 5.41) is 16.8. The van der Waals surface area contributed by atoms with Gasteiger partial charge in [0.25, 0.3) is 5.91 Å². The second-order valence-corrected chi connectivity index (χ2v) is 11.1. The molecule has 5 rings (SSSR count). The third kappa shape index (κ3) is 6.34. The number of hydrogen-bond donors (Lipinski definition) is 2. The van der Waals surface area contributed by atoms with E-state index in [1.54, 1.807) is 58.6 Å². The van der Waals surface area contributed by atoms with Crippen LogP contribution in [0.5, 0.6) is 17.2 Å². The third-order valence-corrected chi connectivity index (χ3v) is 8.12. The van der Waals surface area contributed by atoms with Crippen LogP contribution in [0.1, 0.15) is 48.9 Å². The molecule has 1 amide bonds. The van der Waals surface area contributed by atoms with Gasteiger partial charge < -0.3 is 34.4 Å². The van der Waals surface area contributed by atoms with Crippen LogP contribution in [0.4, 0.5) is 11.4 Å². The van der Waals surface area contributed by atoms with E-state index in [2.05, 4.69) is 16.5 Å². The second kappa shape index (κ2) is 12.4. The van der Waals surface area contributed by atoms with Gasteiger partial charge in [-0.25, -0.2) is 0 Å². The fourth-order valence-electron chi connectivity index (χ4n) is 5.41. The molecule has 1 fully saturated rings. The number of nitrogens with one attached hydrogen (secondary N) is 1. The molecule has 0 saturated heterocycles. The number of fused-ring (bicyclic) bond motifs is 2. The van der Waals surface area contributed by atoms with Crippen molar-refractivity contribution in [2.24, 2.45) is 5.16 Å². The van der Waals surface area contributed by atoms with Crippen LogP contribution in [0.25, 0.3) is 0 Å². The van der Waals surface area contributed by atoms with E-state index in [0.29, 0.717) is 51.3 Å². The van der Waals surface area contributed by atoms with Gasteiger partial charge in [0.2, 0.25) is 0 Å². The number of methoxy groups -OCH3 is 3. The summed E-state index contributed by atoms with van der Waals surface area (Å²) >= 11 is 6.29. The maximum atomic E-state index is 14.6. The Bertz CT molecular complexity index is 1570. The maximum Gasteiger partial charge on any atom is 0.306 e. The van der Waals surface area contributed by atoms with Gasteiger partial charge in [0.1, 0.15) is 29.9 Å². The van der Waals surface area contributed by atoms with Gasteiger partial charge in [-0.05, 0) is 55.7 Å². The van der Waals surface area contributed by atoms with Crippen molar-refractivity contribution in [1.29, 1.82) is 0 Å². The molecule has 1 atom stereocenters. The van der Waals surface area contributed by atoms with Gasteiger partial charge in [-0.2, -0.15) is 0 Å². The van der Waals surface area contributed by atoms with E-state index in [1.807, 2.05) is 23.1 Å². The predicted octanol–water partition coefficient (Wildman–Crippen LogP) is 5.81. The molecule has 1 unspecified atom stereocenters. The van der Waals surface area contributed by atoms with Crippen molar-refractivity contribution in [2.75, 3.05) is 44.7 Å². The van der Waals surface area contributed by atoms with Crippen LogP contribution in [0.15, 0.2) is 59.8 Å². The van der Waals surface area contributed by atoms with Gasteiger partial charge in [0.15, 0.2) is 0 Å². The van der Waals surface area contributed by atoms with Crippen molar-refractivity contribution in [1.82, 2.24) is 0 Å². The highest BCUT2D eigenvalue weighted by atomic mass is 35.5. The van der Waals surface area contributed by atoms with Gasteiger partial charge in [0, 0.05) is 45.9 Å². The van der Waals surface area contributed by atoms with E-state index in [1.165, 1.54) is 0 Å². The third-order valence-electron chi connectivity index (χ3n) is 7.88. The normalized spacial score (nSPS) is 15.5. The van der Waals surface area contributed by atoms with Crippen LogP contribution in [-0.4, -0.2) is 57.2 Å². The van der Waals surface area contributed by atoms with Crippen molar-refractivity contribution in [3.05, 3.63) is 76.3 Å². The smallest absolute Gasteiger partial charge is 0.306 e. The minimum Gasteiger partial charge on any atom is -0.497 e. The van der Waals surface area contributed by atoms with E-state index < -0.39 is 12.0 Å². The number of carboxylic acids is 1. The predicted molar refractivity (Wildman–Crippen MR) is 164 cm³/mol.